The summed E-state index contributed by atoms with van der Waals surface area (Å²) in [5.74, 6) is 1.43. The molecule has 0 radical (unpaired) electrons. The van der Waals surface area contributed by atoms with E-state index < -0.39 is 0 Å². The van der Waals surface area contributed by atoms with Crippen LogP contribution in [0.25, 0.3) is 0 Å². The van der Waals surface area contributed by atoms with E-state index in [2.05, 4.69) is 5.10 Å². The maximum absolute atomic E-state index is 12.3. The van der Waals surface area contributed by atoms with Crippen LogP contribution in [0.15, 0.2) is 28.9 Å². The zero-order valence-corrected chi connectivity index (χ0v) is 16.3. The van der Waals surface area contributed by atoms with Crippen LogP contribution >= 0.6 is 0 Å². The molecule has 0 amide bonds. The SMILES string of the molecule is Cc1cc(CCC(=O)C(C)C)n(CCC(C)C(=O)CCc2ccco2)n1. The van der Waals surface area contributed by atoms with Crippen molar-refractivity contribution in [3.63, 3.8) is 0 Å². The third kappa shape index (κ3) is 5.97. The summed E-state index contributed by atoms with van der Waals surface area (Å²) in [5, 5.41) is 4.53. The van der Waals surface area contributed by atoms with E-state index >= 15 is 0 Å². The zero-order chi connectivity index (χ0) is 19.1. The molecule has 2 aromatic rings. The Morgan fingerprint density at radius 3 is 2.54 bits per heavy atom. The molecule has 2 rings (SSSR count). The van der Waals surface area contributed by atoms with Crippen LogP contribution in [0.4, 0.5) is 0 Å². The molecule has 0 N–H and O–H groups in total. The fourth-order valence-corrected chi connectivity index (χ4v) is 2.96. The molecular formula is C21H30N2O3. The van der Waals surface area contributed by atoms with Crippen LogP contribution in [-0.2, 0) is 29.0 Å². The molecule has 0 aromatic carbocycles. The molecule has 0 aliphatic carbocycles. The molecule has 26 heavy (non-hydrogen) atoms. The Morgan fingerprint density at radius 1 is 1.15 bits per heavy atom. The first kappa shape index (κ1) is 20.1. The Hall–Kier alpha value is -2.17. The van der Waals surface area contributed by atoms with Gasteiger partial charge >= 0.3 is 0 Å². The fourth-order valence-electron chi connectivity index (χ4n) is 2.96. The summed E-state index contributed by atoms with van der Waals surface area (Å²) in [5.41, 5.74) is 2.03. The van der Waals surface area contributed by atoms with Gasteiger partial charge in [-0.05, 0) is 38.0 Å². The van der Waals surface area contributed by atoms with Crippen molar-refractivity contribution < 1.29 is 14.0 Å². The molecule has 1 atom stereocenters. The van der Waals surface area contributed by atoms with Crippen LogP contribution < -0.4 is 0 Å². The predicted molar refractivity (Wildman–Crippen MR) is 101 cm³/mol. The maximum atomic E-state index is 12.3. The zero-order valence-electron chi connectivity index (χ0n) is 16.3. The Kier molecular flexibility index (Phi) is 7.37. The summed E-state index contributed by atoms with van der Waals surface area (Å²) in [6, 6.07) is 5.78. The fraction of sp³-hybridized carbons (Fsp3) is 0.571. The van der Waals surface area contributed by atoms with Crippen molar-refractivity contribution in [1.29, 1.82) is 0 Å². The van der Waals surface area contributed by atoms with Crippen molar-refractivity contribution in [3.05, 3.63) is 41.6 Å². The molecule has 2 aromatic heterocycles. The number of rotatable bonds is 11. The van der Waals surface area contributed by atoms with E-state index in [9.17, 15) is 9.59 Å². The van der Waals surface area contributed by atoms with Crippen molar-refractivity contribution in [3.8, 4) is 0 Å². The van der Waals surface area contributed by atoms with Gasteiger partial charge in [-0.2, -0.15) is 5.10 Å². The van der Waals surface area contributed by atoms with E-state index in [-0.39, 0.29) is 23.4 Å². The molecule has 2 heterocycles. The number of aryl methyl sites for hydroxylation is 4. The Bertz CT molecular complexity index is 714. The first-order valence-corrected chi connectivity index (χ1v) is 9.48. The van der Waals surface area contributed by atoms with E-state index in [0.717, 1.165) is 23.6 Å². The highest BCUT2D eigenvalue weighted by molar-refractivity contribution is 5.81. The van der Waals surface area contributed by atoms with Gasteiger partial charge in [-0.1, -0.05) is 20.8 Å². The summed E-state index contributed by atoms with van der Waals surface area (Å²) in [6.07, 6.45) is 4.79. The smallest absolute Gasteiger partial charge is 0.136 e. The van der Waals surface area contributed by atoms with Crippen LogP contribution in [0.3, 0.4) is 0 Å². The molecule has 142 valence electrons. The maximum Gasteiger partial charge on any atom is 0.136 e. The topological polar surface area (TPSA) is 65.1 Å². The summed E-state index contributed by atoms with van der Waals surface area (Å²) in [6.45, 7) is 8.50. The van der Waals surface area contributed by atoms with E-state index in [1.165, 1.54) is 0 Å². The van der Waals surface area contributed by atoms with E-state index in [0.29, 0.717) is 32.2 Å². The molecule has 5 nitrogen and oxygen atoms in total. The minimum atomic E-state index is -0.0142. The minimum absolute atomic E-state index is 0.0142. The van der Waals surface area contributed by atoms with Crippen LogP contribution in [0.5, 0.6) is 0 Å². The molecule has 0 aliphatic heterocycles. The summed E-state index contributed by atoms with van der Waals surface area (Å²) >= 11 is 0. The molecule has 5 heteroatoms. The van der Waals surface area contributed by atoms with Crippen LogP contribution in [0, 0.1) is 18.8 Å². The van der Waals surface area contributed by atoms with E-state index in [4.69, 9.17) is 4.42 Å². The lowest BCUT2D eigenvalue weighted by molar-refractivity contribution is -0.123. The molecule has 0 fully saturated rings. The predicted octanol–water partition coefficient (Wildman–Crippen LogP) is 4.17. The lowest BCUT2D eigenvalue weighted by Crippen LogP contribution is -2.16. The van der Waals surface area contributed by atoms with Crippen LogP contribution in [0.1, 0.15) is 57.2 Å². The molecule has 0 spiro atoms. The Morgan fingerprint density at radius 2 is 1.88 bits per heavy atom. The molecule has 1 unspecified atom stereocenters. The Balaban J connectivity index is 1.83. The number of furan rings is 1. The number of carbonyl (C=O) groups is 2. The van der Waals surface area contributed by atoms with Gasteiger partial charge in [0, 0.05) is 43.3 Å². The van der Waals surface area contributed by atoms with Gasteiger partial charge in [-0.3, -0.25) is 14.3 Å². The summed E-state index contributed by atoms with van der Waals surface area (Å²) in [4.78, 5) is 24.2. The second-order valence-electron chi connectivity index (χ2n) is 7.36. The number of carbonyl (C=O) groups excluding carboxylic acids is 2. The average molecular weight is 358 g/mol. The largest absolute Gasteiger partial charge is 0.469 e. The lowest BCUT2D eigenvalue weighted by Gasteiger charge is -2.12. The highest BCUT2D eigenvalue weighted by Crippen LogP contribution is 2.15. The van der Waals surface area contributed by atoms with E-state index in [1.807, 2.05) is 50.6 Å². The number of hydrogen-bond acceptors (Lipinski definition) is 4. The number of hydrogen-bond donors (Lipinski definition) is 0. The third-order valence-electron chi connectivity index (χ3n) is 4.78. The normalized spacial score (nSPS) is 12.5. The minimum Gasteiger partial charge on any atom is -0.469 e. The second kappa shape index (κ2) is 9.51. The van der Waals surface area contributed by atoms with Crippen LogP contribution in [0.2, 0.25) is 0 Å². The number of ketones is 2. The third-order valence-corrected chi connectivity index (χ3v) is 4.78. The number of aromatic nitrogens is 2. The standard InChI is InChI=1S/C21H30N2O3/c1-15(2)20(24)9-7-18-14-17(4)22-23(18)12-11-16(3)21(25)10-8-19-6-5-13-26-19/h5-6,13-16H,7-12H2,1-4H3. The monoisotopic (exact) mass is 358 g/mol. The van der Waals surface area contributed by atoms with Gasteiger partial charge in [0.2, 0.25) is 0 Å². The van der Waals surface area contributed by atoms with E-state index in [1.54, 1.807) is 6.26 Å². The quantitative estimate of drug-likeness (QED) is 0.605. The first-order chi connectivity index (χ1) is 12.4. The molecule has 0 bridgehead atoms. The van der Waals surface area contributed by atoms with Crippen molar-refractivity contribution in [2.45, 2.75) is 66.3 Å². The highest BCUT2D eigenvalue weighted by atomic mass is 16.3. The average Bonchev–Trinajstić information content (AvgIpc) is 3.24. The van der Waals surface area contributed by atoms with Crippen molar-refractivity contribution in [2.75, 3.05) is 0 Å². The number of Topliss-reactive ketones (excluding diaryl/α,β-unsaturated/α-hetero) is 2. The van der Waals surface area contributed by atoms with Gasteiger partial charge in [-0.15, -0.1) is 0 Å². The van der Waals surface area contributed by atoms with Gasteiger partial charge in [0.05, 0.1) is 12.0 Å². The highest BCUT2D eigenvalue weighted by Gasteiger charge is 2.16. The summed E-state index contributed by atoms with van der Waals surface area (Å²) < 4.78 is 7.24. The molecule has 0 saturated carbocycles. The summed E-state index contributed by atoms with van der Waals surface area (Å²) in [7, 11) is 0. The van der Waals surface area contributed by atoms with Gasteiger partial charge in [0.15, 0.2) is 0 Å². The van der Waals surface area contributed by atoms with Gasteiger partial charge < -0.3 is 4.42 Å². The second-order valence-corrected chi connectivity index (χ2v) is 7.36. The van der Waals surface area contributed by atoms with Gasteiger partial charge in [0.25, 0.3) is 0 Å². The molecule has 0 saturated heterocycles. The molecule has 0 aliphatic rings. The van der Waals surface area contributed by atoms with Gasteiger partial charge in [0.1, 0.15) is 17.3 Å². The van der Waals surface area contributed by atoms with Crippen molar-refractivity contribution in [2.24, 2.45) is 11.8 Å². The van der Waals surface area contributed by atoms with Crippen LogP contribution in [-0.4, -0.2) is 21.3 Å². The Labute approximate surface area is 155 Å². The number of nitrogens with zero attached hydrogens (tertiary/aromatic N) is 2. The first-order valence-electron chi connectivity index (χ1n) is 9.48. The molecular weight excluding hydrogens is 328 g/mol. The van der Waals surface area contributed by atoms with Crippen molar-refractivity contribution >= 4 is 11.6 Å². The van der Waals surface area contributed by atoms with Crippen molar-refractivity contribution in [1.82, 2.24) is 9.78 Å². The lowest BCUT2D eigenvalue weighted by atomic mass is 9.98. The van der Waals surface area contributed by atoms with Gasteiger partial charge in [-0.25, -0.2) is 0 Å².